The third-order valence-electron chi connectivity index (χ3n) is 4.55. The van der Waals surface area contributed by atoms with Gasteiger partial charge in [-0.3, -0.25) is 9.59 Å². The first kappa shape index (κ1) is 21.8. The van der Waals surface area contributed by atoms with Gasteiger partial charge in [-0.15, -0.1) is 0 Å². The molecule has 0 atom stereocenters. The lowest BCUT2D eigenvalue weighted by atomic mass is 10.2. The molecule has 3 rings (SSSR count). The highest BCUT2D eigenvalue weighted by Gasteiger charge is 2.19. The van der Waals surface area contributed by atoms with Crippen LogP contribution in [0.3, 0.4) is 0 Å². The van der Waals surface area contributed by atoms with Crippen molar-refractivity contribution < 1.29 is 23.8 Å². The molecular formula is C22H23N3O6. The van der Waals surface area contributed by atoms with Crippen molar-refractivity contribution in [2.75, 3.05) is 26.1 Å². The number of hydrogen-bond acceptors (Lipinski definition) is 7. The minimum Gasteiger partial charge on any atom is -0.497 e. The summed E-state index contributed by atoms with van der Waals surface area (Å²) in [5, 5.41) is 2.99. The zero-order valence-corrected chi connectivity index (χ0v) is 17.7. The Labute approximate surface area is 178 Å². The third-order valence-corrected chi connectivity index (χ3v) is 4.55. The van der Waals surface area contributed by atoms with Crippen LogP contribution in [0.15, 0.2) is 41.3 Å². The van der Waals surface area contributed by atoms with Crippen LogP contribution in [0, 0.1) is 6.92 Å². The number of anilines is 1. The van der Waals surface area contributed by atoms with Crippen LogP contribution in [-0.4, -0.2) is 42.3 Å². The minimum atomic E-state index is -0.751. The summed E-state index contributed by atoms with van der Waals surface area (Å²) < 4.78 is 16.9. The van der Waals surface area contributed by atoms with E-state index in [1.807, 2.05) is 0 Å². The van der Waals surface area contributed by atoms with Crippen molar-refractivity contribution in [1.29, 1.82) is 0 Å². The van der Waals surface area contributed by atoms with Crippen molar-refractivity contribution >= 4 is 28.6 Å². The van der Waals surface area contributed by atoms with E-state index < -0.39 is 17.3 Å². The molecule has 0 unspecified atom stereocenters. The maximum Gasteiger partial charge on any atom is 0.343 e. The normalized spacial score (nSPS) is 10.6. The van der Waals surface area contributed by atoms with Gasteiger partial charge in [0.2, 0.25) is 11.3 Å². The minimum absolute atomic E-state index is 0.124. The van der Waals surface area contributed by atoms with E-state index in [1.54, 1.807) is 44.2 Å². The zero-order valence-electron chi connectivity index (χ0n) is 17.7. The number of hydrogen-bond donors (Lipinski definition) is 1. The number of esters is 1. The fraction of sp³-hybridized carbons (Fsp3) is 0.273. The second-order valence-corrected chi connectivity index (χ2v) is 6.66. The number of nitrogens with one attached hydrogen (secondary N) is 1. The lowest BCUT2D eigenvalue weighted by Gasteiger charge is -2.15. The van der Waals surface area contributed by atoms with Crippen LogP contribution in [0.25, 0.3) is 11.0 Å². The van der Waals surface area contributed by atoms with Crippen LogP contribution >= 0.6 is 0 Å². The largest absolute Gasteiger partial charge is 0.497 e. The van der Waals surface area contributed by atoms with Crippen LogP contribution in [0.4, 0.5) is 5.69 Å². The van der Waals surface area contributed by atoms with Crippen LogP contribution < -0.4 is 20.2 Å². The molecule has 9 heteroatoms. The number of amides is 1. The highest BCUT2D eigenvalue weighted by molar-refractivity contribution is 5.95. The van der Waals surface area contributed by atoms with Gasteiger partial charge in [0.15, 0.2) is 0 Å². The standard InChI is InChI=1S/C22H23N3O6/c1-5-31-22(28)16-11-25(21-15(20(16)27)8-6-13(2)23-21)12-19(26)24-17-10-14(29-3)7-9-18(17)30-4/h6-11H,5,12H2,1-4H3,(H,24,26). The summed E-state index contributed by atoms with van der Waals surface area (Å²) in [6, 6.07) is 8.27. The first-order valence-corrected chi connectivity index (χ1v) is 9.57. The van der Waals surface area contributed by atoms with E-state index in [9.17, 15) is 14.4 Å². The number of carbonyl (C=O) groups excluding carboxylic acids is 2. The van der Waals surface area contributed by atoms with Gasteiger partial charge < -0.3 is 24.1 Å². The average Bonchev–Trinajstić information content (AvgIpc) is 2.75. The van der Waals surface area contributed by atoms with E-state index >= 15 is 0 Å². The van der Waals surface area contributed by atoms with E-state index in [2.05, 4.69) is 10.3 Å². The summed E-state index contributed by atoms with van der Waals surface area (Å²) in [5.41, 5.74) is 0.732. The van der Waals surface area contributed by atoms with E-state index in [1.165, 1.54) is 25.0 Å². The monoisotopic (exact) mass is 425 g/mol. The molecule has 162 valence electrons. The number of nitrogens with zero attached hydrogens (tertiary/aromatic N) is 2. The number of ether oxygens (including phenoxy) is 3. The fourth-order valence-corrected chi connectivity index (χ4v) is 3.09. The molecular weight excluding hydrogens is 402 g/mol. The Morgan fingerprint density at radius 1 is 1.13 bits per heavy atom. The lowest BCUT2D eigenvalue weighted by Crippen LogP contribution is -2.25. The highest BCUT2D eigenvalue weighted by atomic mass is 16.5. The van der Waals surface area contributed by atoms with Gasteiger partial charge >= 0.3 is 5.97 Å². The van der Waals surface area contributed by atoms with Crippen molar-refractivity contribution in [3.05, 3.63) is 58.0 Å². The molecule has 0 saturated heterocycles. The number of pyridine rings is 2. The Balaban J connectivity index is 2.01. The van der Waals surface area contributed by atoms with Crippen molar-refractivity contribution in [2.24, 2.45) is 0 Å². The van der Waals surface area contributed by atoms with Crippen molar-refractivity contribution in [1.82, 2.24) is 9.55 Å². The molecule has 0 radical (unpaired) electrons. The smallest absolute Gasteiger partial charge is 0.343 e. The Bertz CT molecular complexity index is 1200. The lowest BCUT2D eigenvalue weighted by molar-refractivity contribution is -0.116. The van der Waals surface area contributed by atoms with Gasteiger partial charge in [-0.25, -0.2) is 9.78 Å². The highest BCUT2D eigenvalue weighted by Crippen LogP contribution is 2.29. The van der Waals surface area contributed by atoms with Gasteiger partial charge in [0, 0.05) is 18.0 Å². The van der Waals surface area contributed by atoms with Crippen LogP contribution in [0.1, 0.15) is 23.0 Å². The molecule has 0 spiro atoms. The molecule has 0 aliphatic heterocycles. The molecule has 1 amide bonds. The van der Waals surface area contributed by atoms with Crippen molar-refractivity contribution in [2.45, 2.75) is 20.4 Å². The first-order chi connectivity index (χ1) is 14.9. The number of benzene rings is 1. The van der Waals surface area contributed by atoms with Crippen LogP contribution in [0.5, 0.6) is 11.5 Å². The molecule has 0 bridgehead atoms. The van der Waals surface area contributed by atoms with Gasteiger partial charge in [-0.1, -0.05) is 0 Å². The Morgan fingerprint density at radius 2 is 1.90 bits per heavy atom. The van der Waals surface area contributed by atoms with E-state index in [4.69, 9.17) is 14.2 Å². The SMILES string of the molecule is CCOC(=O)c1cn(CC(=O)Nc2cc(OC)ccc2OC)c2nc(C)ccc2c1=O. The summed E-state index contributed by atoms with van der Waals surface area (Å²) >= 11 is 0. The predicted molar refractivity (Wildman–Crippen MR) is 115 cm³/mol. The summed E-state index contributed by atoms with van der Waals surface area (Å²) in [4.78, 5) is 42.2. The summed E-state index contributed by atoms with van der Waals surface area (Å²) in [6.07, 6.45) is 1.30. The van der Waals surface area contributed by atoms with Crippen molar-refractivity contribution in [3.63, 3.8) is 0 Å². The molecule has 0 fully saturated rings. The second kappa shape index (κ2) is 9.29. The van der Waals surface area contributed by atoms with Gasteiger partial charge in [-0.05, 0) is 38.1 Å². The predicted octanol–water partition coefficient (Wildman–Crippen LogP) is 2.54. The average molecular weight is 425 g/mol. The van der Waals surface area contributed by atoms with Gasteiger partial charge in [-0.2, -0.15) is 0 Å². The number of carbonyl (C=O) groups is 2. The van der Waals surface area contributed by atoms with Gasteiger partial charge in [0.1, 0.15) is 29.3 Å². The Hall–Kier alpha value is -3.88. The molecule has 3 aromatic rings. The number of fused-ring (bicyclic) bond motifs is 1. The second-order valence-electron chi connectivity index (χ2n) is 6.66. The molecule has 2 aromatic heterocycles. The summed E-state index contributed by atoms with van der Waals surface area (Å²) in [6.45, 7) is 3.35. The molecule has 1 N–H and O–H groups in total. The Morgan fingerprint density at radius 3 is 2.58 bits per heavy atom. The van der Waals surface area contributed by atoms with Gasteiger partial charge in [0.25, 0.3) is 0 Å². The molecule has 1 aromatic carbocycles. The number of aryl methyl sites for hydroxylation is 1. The molecule has 0 aliphatic carbocycles. The first-order valence-electron chi connectivity index (χ1n) is 9.57. The van der Waals surface area contributed by atoms with E-state index in [0.717, 1.165) is 0 Å². The molecule has 9 nitrogen and oxygen atoms in total. The number of aromatic nitrogens is 2. The maximum atomic E-state index is 12.8. The van der Waals surface area contributed by atoms with Gasteiger partial charge in [0.05, 0.1) is 31.9 Å². The fourth-order valence-electron chi connectivity index (χ4n) is 3.09. The summed E-state index contributed by atoms with van der Waals surface area (Å²) in [5.74, 6) is -0.153. The molecule has 2 heterocycles. The van der Waals surface area contributed by atoms with E-state index in [-0.39, 0.29) is 24.1 Å². The van der Waals surface area contributed by atoms with E-state index in [0.29, 0.717) is 28.5 Å². The number of methoxy groups -OCH3 is 2. The summed E-state index contributed by atoms with van der Waals surface area (Å²) in [7, 11) is 3.01. The maximum absolute atomic E-state index is 12.8. The third kappa shape index (κ3) is 4.66. The topological polar surface area (TPSA) is 109 Å². The van der Waals surface area contributed by atoms with Crippen molar-refractivity contribution in [3.8, 4) is 11.5 Å². The molecule has 0 saturated carbocycles. The van der Waals surface area contributed by atoms with Crippen LogP contribution in [-0.2, 0) is 16.1 Å². The quantitative estimate of drug-likeness (QED) is 0.580. The Kier molecular flexibility index (Phi) is 6.54. The zero-order chi connectivity index (χ0) is 22.5. The molecule has 0 aliphatic rings. The molecule has 31 heavy (non-hydrogen) atoms. The van der Waals surface area contributed by atoms with Crippen LogP contribution in [0.2, 0.25) is 0 Å². The number of rotatable bonds is 7.